The van der Waals surface area contributed by atoms with E-state index < -0.39 is 7.91 Å². The average molecular weight is 234 g/mol. The quantitative estimate of drug-likeness (QED) is 0.391. The molecule has 0 aliphatic rings. The zero-order chi connectivity index (χ0) is 11.4. The second kappa shape index (κ2) is 5.38. The fourth-order valence-corrected chi connectivity index (χ4v) is 10.8. The largest absolute Gasteiger partial charge is 0.331 e. The molecule has 4 nitrogen and oxygen atoms in total. The van der Waals surface area contributed by atoms with E-state index in [0.717, 1.165) is 0 Å². The zero-order valence-corrected chi connectivity index (χ0v) is 13.1. The minimum atomic E-state index is -1.38. The molecule has 6 heteroatoms. The van der Waals surface area contributed by atoms with E-state index in [1.54, 1.807) is 0 Å². The summed E-state index contributed by atoms with van der Waals surface area (Å²) in [5, 5.41) is 6.93. The van der Waals surface area contributed by atoms with E-state index in [1.807, 2.05) is 14.1 Å². The molecule has 0 saturated heterocycles. The minimum Gasteiger partial charge on any atom is -0.331 e. The first-order chi connectivity index (χ1) is 6.33. The van der Waals surface area contributed by atoms with E-state index in [9.17, 15) is 0 Å². The summed E-state index contributed by atoms with van der Waals surface area (Å²) >= 11 is 0. The molecule has 14 heavy (non-hydrogen) atoms. The average Bonchev–Trinajstić information content (AvgIpc) is 2.17. The Labute approximate surface area is 91.6 Å². The number of rotatable bonds is 6. The fourth-order valence-electron chi connectivity index (χ4n) is 1.46. The van der Waals surface area contributed by atoms with E-state index in [2.05, 4.69) is 54.8 Å². The second-order valence-corrected chi connectivity index (χ2v) is 15.3. The van der Waals surface area contributed by atoms with Crippen molar-refractivity contribution in [2.75, 3.05) is 35.2 Å². The van der Waals surface area contributed by atoms with Gasteiger partial charge in [0.15, 0.2) is 7.91 Å². The number of hydrogen-bond acceptors (Lipinski definition) is 4. The summed E-state index contributed by atoms with van der Waals surface area (Å²) in [7, 11) is 8.86. The van der Waals surface area contributed by atoms with Crippen LogP contribution in [-0.2, 0) is 0 Å². The van der Waals surface area contributed by atoms with Crippen LogP contribution in [0, 0.1) is 0 Å². The monoisotopic (exact) mass is 234 g/mol. The summed E-state index contributed by atoms with van der Waals surface area (Å²) in [6, 6.07) is 0. The summed E-state index contributed by atoms with van der Waals surface area (Å²) in [5.41, 5.74) is 0. The molecule has 0 amide bonds. The van der Waals surface area contributed by atoms with Gasteiger partial charge in [-0.1, -0.05) is 0 Å². The van der Waals surface area contributed by atoms with Gasteiger partial charge < -0.3 is 20.2 Å². The standard InChI is InChI=1S/C8H26N4Si2/c1-8(9-2,10-3)13-14(7,11-4)12(5)6/h9-11H,13H2,1-7H3. The van der Waals surface area contributed by atoms with Crippen molar-refractivity contribution >= 4 is 17.0 Å². The molecule has 0 radical (unpaired) electrons. The van der Waals surface area contributed by atoms with Crippen molar-refractivity contribution in [3.05, 3.63) is 0 Å². The maximum Gasteiger partial charge on any atom is 0.182 e. The highest BCUT2D eigenvalue weighted by Crippen LogP contribution is 2.06. The Morgan fingerprint density at radius 3 is 1.79 bits per heavy atom. The van der Waals surface area contributed by atoms with E-state index in [0.29, 0.717) is 0 Å². The van der Waals surface area contributed by atoms with E-state index in [4.69, 9.17) is 0 Å². The van der Waals surface area contributed by atoms with Crippen LogP contribution in [0.1, 0.15) is 6.92 Å². The van der Waals surface area contributed by atoms with E-state index in [-0.39, 0.29) is 14.3 Å². The van der Waals surface area contributed by atoms with Crippen LogP contribution in [0.4, 0.5) is 0 Å². The lowest BCUT2D eigenvalue weighted by molar-refractivity contribution is 0.464. The summed E-state index contributed by atoms with van der Waals surface area (Å²) in [6.07, 6.45) is 0. The number of nitrogens with one attached hydrogen (secondary N) is 3. The van der Waals surface area contributed by atoms with Gasteiger partial charge in [-0.2, -0.15) is 0 Å². The third-order valence-corrected chi connectivity index (χ3v) is 15.6. The van der Waals surface area contributed by atoms with Gasteiger partial charge in [0.1, 0.15) is 0 Å². The molecule has 0 bridgehead atoms. The van der Waals surface area contributed by atoms with Crippen molar-refractivity contribution < 1.29 is 0 Å². The van der Waals surface area contributed by atoms with Gasteiger partial charge in [0.25, 0.3) is 0 Å². The molecule has 0 heterocycles. The second-order valence-electron chi connectivity index (χ2n) is 4.43. The lowest BCUT2D eigenvalue weighted by atomic mass is 10.5. The summed E-state index contributed by atoms with van der Waals surface area (Å²) < 4.78 is 2.39. The molecular weight excluding hydrogens is 208 g/mol. The lowest BCUT2D eigenvalue weighted by Crippen LogP contribution is -2.73. The minimum absolute atomic E-state index is 0.147. The topological polar surface area (TPSA) is 39.3 Å². The predicted molar refractivity (Wildman–Crippen MR) is 69.4 cm³/mol. The van der Waals surface area contributed by atoms with Crippen LogP contribution in [0.3, 0.4) is 0 Å². The van der Waals surface area contributed by atoms with Crippen LogP contribution in [-0.4, -0.2) is 62.0 Å². The van der Waals surface area contributed by atoms with Gasteiger partial charge in [-0.3, -0.25) is 0 Å². The summed E-state index contributed by atoms with van der Waals surface area (Å²) in [4.78, 5) is 3.55. The van der Waals surface area contributed by atoms with Crippen molar-refractivity contribution in [1.29, 1.82) is 0 Å². The van der Waals surface area contributed by atoms with Crippen LogP contribution in [0.5, 0.6) is 0 Å². The SMILES string of the molecule is CNC(C)(NC)[SiH2][Si](C)(NC)N(C)C. The summed E-state index contributed by atoms with van der Waals surface area (Å²) in [6.45, 7) is 4.65. The Hall–Kier alpha value is 0.274. The van der Waals surface area contributed by atoms with Crippen molar-refractivity contribution in [3.63, 3.8) is 0 Å². The third kappa shape index (κ3) is 3.45. The Balaban J connectivity index is 4.59. The maximum atomic E-state index is 3.55. The highest BCUT2D eigenvalue weighted by Gasteiger charge is 2.37. The molecule has 0 aliphatic heterocycles. The van der Waals surface area contributed by atoms with Gasteiger partial charge in [0.2, 0.25) is 0 Å². The summed E-state index contributed by atoms with van der Waals surface area (Å²) in [5.74, 6) is 0. The molecule has 86 valence electrons. The highest BCUT2D eigenvalue weighted by atomic mass is 29.2. The predicted octanol–water partition coefficient (Wildman–Crippen LogP) is -1.38. The highest BCUT2D eigenvalue weighted by molar-refractivity contribution is 7.22. The molecule has 0 aromatic carbocycles. The van der Waals surface area contributed by atoms with Crippen LogP contribution in [0.2, 0.25) is 6.55 Å². The van der Waals surface area contributed by atoms with Gasteiger partial charge in [-0.05, 0) is 48.7 Å². The first-order valence-corrected chi connectivity index (χ1v) is 10.6. The molecule has 0 aliphatic carbocycles. The molecule has 0 rings (SSSR count). The van der Waals surface area contributed by atoms with Crippen LogP contribution < -0.4 is 15.6 Å². The van der Waals surface area contributed by atoms with Gasteiger partial charge in [0, 0.05) is 5.29 Å². The number of hydrogen-bond donors (Lipinski definition) is 3. The Bertz CT molecular complexity index is 173. The van der Waals surface area contributed by atoms with Crippen LogP contribution >= 0.6 is 0 Å². The maximum absolute atomic E-state index is 3.55. The van der Waals surface area contributed by atoms with Gasteiger partial charge in [0.05, 0.1) is 9.04 Å². The fraction of sp³-hybridized carbons (Fsp3) is 1.00. The zero-order valence-electron chi connectivity index (χ0n) is 10.7. The smallest absolute Gasteiger partial charge is 0.182 e. The third-order valence-electron chi connectivity index (χ3n) is 3.33. The molecule has 0 aromatic rings. The normalized spacial score (nSPS) is 18.0. The molecule has 1 unspecified atom stereocenters. The van der Waals surface area contributed by atoms with Gasteiger partial charge in [-0.25, -0.2) is 0 Å². The van der Waals surface area contributed by atoms with E-state index >= 15 is 0 Å². The molecule has 0 saturated carbocycles. The molecule has 0 aromatic heterocycles. The van der Waals surface area contributed by atoms with Crippen molar-refractivity contribution in [2.45, 2.75) is 18.8 Å². The first kappa shape index (κ1) is 14.3. The van der Waals surface area contributed by atoms with Crippen molar-refractivity contribution in [1.82, 2.24) is 20.2 Å². The Kier molecular flexibility index (Phi) is 5.49. The Morgan fingerprint density at radius 1 is 1.14 bits per heavy atom. The van der Waals surface area contributed by atoms with E-state index in [1.165, 1.54) is 0 Å². The molecule has 0 fully saturated rings. The molecule has 0 spiro atoms. The Morgan fingerprint density at radius 2 is 1.57 bits per heavy atom. The lowest BCUT2D eigenvalue weighted by Gasteiger charge is -2.41. The van der Waals surface area contributed by atoms with Crippen molar-refractivity contribution in [3.8, 4) is 0 Å². The molecule has 3 N–H and O–H groups in total. The number of nitrogens with zero attached hydrogens (tertiary/aromatic N) is 1. The first-order valence-electron chi connectivity index (χ1n) is 5.08. The molecular formula is C8H26N4Si2. The van der Waals surface area contributed by atoms with Crippen LogP contribution in [0.15, 0.2) is 0 Å². The van der Waals surface area contributed by atoms with Crippen LogP contribution in [0.25, 0.3) is 0 Å². The molecule has 1 atom stereocenters. The van der Waals surface area contributed by atoms with Gasteiger partial charge >= 0.3 is 0 Å². The van der Waals surface area contributed by atoms with Crippen molar-refractivity contribution in [2.24, 2.45) is 0 Å². The van der Waals surface area contributed by atoms with Gasteiger partial charge in [-0.15, -0.1) is 0 Å².